The number of aromatic nitrogens is 3. The lowest BCUT2D eigenvalue weighted by molar-refractivity contribution is 0.0765. The van der Waals surface area contributed by atoms with E-state index in [-0.39, 0.29) is 12.0 Å². The van der Waals surface area contributed by atoms with Crippen LogP contribution >= 0.6 is 0 Å². The smallest absolute Gasteiger partial charge is 0.274 e. The minimum absolute atomic E-state index is 0.140. The molecule has 7 heteroatoms. The monoisotopic (exact) mass is 309 g/mol. The summed E-state index contributed by atoms with van der Waals surface area (Å²) in [5, 5.41) is 8.88. The highest BCUT2D eigenvalue weighted by Gasteiger charge is 2.29. The number of aryl methyl sites for hydroxylation is 1. The molecular formula is C16H15N5O2. The molecule has 0 N–H and O–H groups in total. The topological polar surface area (TPSA) is 92.0 Å². The van der Waals surface area contributed by atoms with Crippen molar-refractivity contribution >= 4 is 5.91 Å². The molecule has 1 amide bonds. The van der Waals surface area contributed by atoms with Gasteiger partial charge >= 0.3 is 0 Å². The molecule has 1 unspecified atom stereocenters. The van der Waals surface area contributed by atoms with Crippen LogP contribution in [-0.4, -0.2) is 45.0 Å². The normalized spacial score (nSPS) is 16.9. The summed E-state index contributed by atoms with van der Waals surface area (Å²) in [6, 6.07) is 5.26. The Morgan fingerprint density at radius 1 is 1.39 bits per heavy atom. The predicted molar refractivity (Wildman–Crippen MR) is 80.7 cm³/mol. The fourth-order valence-electron chi connectivity index (χ4n) is 2.39. The van der Waals surface area contributed by atoms with Crippen LogP contribution in [0, 0.1) is 18.3 Å². The van der Waals surface area contributed by atoms with E-state index in [0.29, 0.717) is 36.6 Å². The number of hydrogen-bond donors (Lipinski definition) is 0. The molecule has 2 aromatic rings. The second kappa shape index (κ2) is 6.40. The van der Waals surface area contributed by atoms with Crippen molar-refractivity contribution in [1.29, 1.82) is 5.26 Å². The number of carbonyl (C=O) groups is 1. The van der Waals surface area contributed by atoms with Gasteiger partial charge in [-0.15, -0.1) is 0 Å². The van der Waals surface area contributed by atoms with E-state index in [1.165, 1.54) is 12.4 Å². The zero-order valence-corrected chi connectivity index (χ0v) is 12.6. The summed E-state index contributed by atoms with van der Waals surface area (Å²) in [5.41, 5.74) is 1.60. The number of carbonyl (C=O) groups excluding carboxylic acids is 1. The molecule has 0 spiro atoms. The SMILES string of the molecule is Cc1cnc(C(=O)N2CCC(Oc3cc(C#N)ccn3)C2)cn1. The van der Waals surface area contributed by atoms with E-state index in [9.17, 15) is 4.79 Å². The second-order valence-corrected chi connectivity index (χ2v) is 5.32. The standard InChI is InChI=1S/C16H15N5O2/c1-11-8-20-14(9-19-11)16(22)21-5-3-13(10-21)23-15-6-12(7-17)2-4-18-15/h2,4,6,8-9,13H,3,5,10H2,1H3. The molecular weight excluding hydrogens is 294 g/mol. The highest BCUT2D eigenvalue weighted by Crippen LogP contribution is 2.18. The number of amides is 1. The van der Waals surface area contributed by atoms with Gasteiger partial charge in [-0.2, -0.15) is 5.26 Å². The quantitative estimate of drug-likeness (QED) is 0.849. The number of ether oxygens (including phenoxy) is 1. The van der Waals surface area contributed by atoms with Crippen LogP contribution in [0.1, 0.15) is 28.2 Å². The molecule has 3 heterocycles. The number of pyridine rings is 1. The van der Waals surface area contributed by atoms with E-state index in [0.717, 1.165) is 5.69 Å². The number of nitrogens with zero attached hydrogens (tertiary/aromatic N) is 5. The minimum atomic E-state index is -0.151. The molecule has 1 fully saturated rings. The van der Waals surface area contributed by atoms with Crippen molar-refractivity contribution < 1.29 is 9.53 Å². The van der Waals surface area contributed by atoms with Crippen LogP contribution in [0.4, 0.5) is 0 Å². The first-order valence-electron chi connectivity index (χ1n) is 7.26. The average molecular weight is 309 g/mol. The van der Waals surface area contributed by atoms with E-state index in [1.807, 2.05) is 13.0 Å². The number of hydrogen-bond acceptors (Lipinski definition) is 6. The molecule has 1 saturated heterocycles. The Morgan fingerprint density at radius 3 is 3.00 bits per heavy atom. The van der Waals surface area contributed by atoms with Gasteiger partial charge in [-0.25, -0.2) is 9.97 Å². The van der Waals surface area contributed by atoms with Gasteiger partial charge in [0.1, 0.15) is 11.8 Å². The highest BCUT2D eigenvalue weighted by molar-refractivity contribution is 5.92. The van der Waals surface area contributed by atoms with E-state index in [4.69, 9.17) is 10.00 Å². The summed E-state index contributed by atoms with van der Waals surface area (Å²) in [6.07, 6.45) is 5.18. The van der Waals surface area contributed by atoms with Gasteiger partial charge in [-0.05, 0) is 13.0 Å². The van der Waals surface area contributed by atoms with Gasteiger partial charge < -0.3 is 9.64 Å². The summed E-state index contributed by atoms with van der Waals surface area (Å²) in [7, 11) is 0. The maximum Gasteiger partial charge on any atom is 0.274 e. The van der Waals surface area contributed by atoms with E-state index >= 15 is 0 Å². The van der Waals surface area contributed by atoms with E-state index in [1.54, 1.807) is 23.2 Å². The Bertz CT molecular complexity index is 754. The summed E-state index contributed by atoms with van der Waals surface area (Å²) in [4.78, 5) is 26.4. The number of likely N-dealkylation sites (tertiary alicyclic amines) is 1. The van der Waals surface area contributed by atoms with Crippen molar-refractivity contribution in [3.8, 4) is 11.9 Å². The van der Waals surface area contributed by atoms with Crippen LogP contribution in [0.3, 0.4) is 0 Å². The minimum Gasteiger partial charge on any atom is -0.472 e. The van der Waals surface area contributed by atoms with Gasteiger partial charge in [0.05, 0.1) is 30.1 Å². The molecule has 0 bridgehead atoms. The second-order valence-electron chi connectivity index (χ2n) is 5.32. The Balaban J connectivity index is 1.63. The summed E-state index contributed by atoms with van der Waals surface area (Å²) >= 11 is 0. The summed E-state index contributed by atoms with van der Waals surface area (Å²) in [5.74, 6) is 0.251. The van der Waals surface area contributed by atoms with Gasteiger partial charge in [-0.1, -0.05) is 0 Å². The first kappa shape index (κ1) is 14.9. The molecule has 1 atom stereocenters. The van der Waals surface area contributed by atoms with Gasteiger partial charge in [0.2, 0.25) is 5.88 Å². The van der Waals surface area contributed by atoms with Crippen molar-refractivity contribution in [2.45, 2.75) is 19.4 Å². The Kier molecular flexibility index (Phi) is 4.15. The summed E-state index contributed by atoms with van der Waals surface area (Å²) in [6.45, 7) is 2.88. The van der Waals surface area contributed by atoms with Crippen LogP contribution in [0.5, 0.6) is 5.88 Å². The maximum atomic E-state index is 12.4. The van der Waals surface area contributed by atoms with Crippen molar-refractivity contribution in [3.05, 3.63) is 47.7 Å². The third-order valence-corrected chi connectivity index (χ3v) is 3.58. The Hall–Kier alpha value is -3.01. The molecule has 1 aliphatic rings. The van der Waals surface area contributed by atoms with Crippen LogP contribution in [0.15, 0.2) is 30.7 Å². The lowest BCUT2D eigenvalue weighted by atomic mass is 10.3. The average Bonchev–Trinajstić information content (AvgIpc) is 3.03. The van der Waals surface area contributed by atoms with Crippen LogP contribution in [-0.2, 0) is 0 Å². The first-order chi connectivity index (χ1) is 11.2. The molecule has 0 aliphatic carbocycles. The first-order valence-corrected chi connectivity index (χ1v) is 7.26. The molecule has 7 nitrogen and oxygen atoms in total. The van der Waals surface area contributed by atoms with E-state index < -0.39 is 0 Å². The van der Waals surface area contributed by atoms with Crippen molar-refractivity contribution in [2.24, 2.45) is 0 Å². The fraction of sp³-hybridized carbons (Fsp3) is 0.312. The molecule has 0 saturated carbocycles. The molecule has 1 aliphatic heterocycles. The van der Waals surface area contributed by atoms with Gasteiger partial charge in [-0.3, -0.25) is 9.78 Å². The Labute approximate surface area is 133 Å². The van der Waals surface area contributed by atoms with E-state index in [2.05, 4.69) is 15.0 Å². The maximum absolute atomic E-state index is 12.4. The van der Waals surface area contributed by atoms with Crippen molar-refractivity contribution in [1.82, 2.24) is 19.9 Å². The third kappa shape index (κ3) is 3.43. The number of nitriles is 1. The summed E-state index contributed by atoms with van der Waals surface area (Å²) < 4.78 is 5.76. The van der Waals surface area contributed by atoms with Gasteiger partial charge in [0, 0.05) is 31.4 Å². The zero-order valence-electron chi connectivity index (χ0n) is 12.6. The molecule has 23 heavy (non-hydrogen) atoms. The largest absolute Gasteiger partial charge is 0.472 e. The molecule has 0 radical (unpaired) electrons. The lowest BCUT2D eigenvalue weighted by Crippen LogP contribution is -2.31. The molecule has 2 aromatic heterocycles. The van der Waals surface area contributed by atoms with Crippen LogP contribution in [0.2, 0.25) is 0 Å². The highest BCUT2D eigenvalue weighted by atomic mass is 16.5. The van der Waals surface area contributed by atoms with Gasteiger partial charge in [0.15, 0.2) is 0 Å². The Morgan fingerprint density at radius 2 is 2.26 bits per heavy atom. The number of rotatable bonds is 3. The molecule has 0 aromatic carbocycles. The van der Waals surface area contributed by atoms with Crippen molar-refractivity contribution in [2.75, 3.05) is 13.1 Å². The van der Waals surface area contributed by atoms with Gasteiger partial charge in [0.25, 0.3) is 5.91 Å². The third-order valence-electron chi connectivity index (χ3n) is 3.58. The zero-order chi connectivity index (χ0) is 16.2. The van der Waals surface area contributed by atoms with Crippen LogP contribution < -0.4 is 4.74 Å². The lowest BCUT2D eigenvalue weighted by Gasteiger charge is -2.16. The predicted octanol–water partition coefficient (Wildman–Crippen LogP) is 1.35. The van der Waals surface area contributed by atoms with Crippen LogP contribution in [0.25, 0.3) is 0 Å². The van der Waals surface area contributed by atoms with Crippen molar-refractivity contribution in [3.63, 3.8) is 0 Å². The molecule has 3 rings (SSSR count). The molecule has 116 valence electrons. The fourth-order valence-corrected chi connectivity index (χ4v) is 2.39.